The summed E-state index contributed by atoms with van der Waals surface area (Å²) < 4.78 is 0. The Kier molecular flexibility index (Phi) is 17.3. The minimum atomic E-state index is -0.351. The monoisotopic (exact) mass is 431 g/mol. The number of hydrogen-bond donors (Lipinski definition) is 1. The van der Waals surface area contributed by atoms with Gasteiger partial charge in [-0.3, -0.25) is 4.79 Å². The number of aliphatic hydroxyl groups is 1. The summed E-state index contributed by atoms with van der Waals surface area (Å²) >= 11 is 0. The third-order valence-electron chi connectivity index (χ3n) is 6.19. The van der Waals surface area contributed by atoms with E-state index in [1.807, 2.05) is 35.2 Å². The molecule has 0 heterocycles. The average molecular weight is 432 g/mol. The van der Waals surface area contributed by atoms with Crippen LogP contribution in [0.1, 0.15) is 123 Å². The lowest BCUT2D eigenvalue weighted by atomic mass is 10.0. The van der Waals surface area contributed by atoms with Gasteiger partial charge in [0.05, 0.1) is 6.10 Å². The summed E-state index contributed by atoms with van der Waals surface area (Å²) in [5.74, 6) is 0.149. The zero-order chi connectivity index (χ0) is 22.6. The maximum absolute atomic E-state index is 12.9. The Morgan fingerprint density at radius 1 is 0.742 bits per heavy atom. The zero-order valence-electron chi connectivity index (χ0n) is 20.5. The van der Waals surface area contributed by atoms with Gasteiger partial charge >= 0.3 is 0 Å². The van der Waals surface area contributed by atoms with Crippen LogP contribution in [0.5, 0.6) is 0 Å². The molecule has 0 aliphatic carbocycles. The summed E-state index contributed by atoms with van der Waals surface area (Å²) in [4.78, 5) is 14.9. The van der Waals surface area contributed by atoms with Gasteiger partial charge in [-0.2, -0.15) is 0 Å². The van der Waals surface area contributed by atoms with E-state index in [2.05, 4.69) is 13.8 Å². The number of benzene rings is 1. The van der Waals surface area contributed by atoms with Crippen LogP contribution < -0.4 is 4.90 Å². The van der Waals surface area contributed by atoms with E-state index in [0.29, 0.717) is 12.8 Å². The molecule has 1 aromatic rings. The molecular weight excluding hydrogens is 382 g/mol. The van der Waals surface area contributed by atoms with Crippen LogP contribution in [0.2, 0.25) is 0 Å². The van der Waals surface area contributed by atoms with Crippen LogP contribution in [-0.2, 0) is 4.79 Å². The first-order valence-corrected chi connectivity index (χ1v) is 13.2. The molecule has 1 atom stereocenters. The molecule has 0 spiro atoms. The third kappa shape index (κ3) is 14.4. The molecule has 0 aromatic heterocycles. The van der Waals surface area contributed by atoms with Crippen LogP contribution in [-0.4, -0.2) is 23.7 Å². The van der Waals surface area contributed by atoms with Crippen molar-refractivity contribution in [2.75, 3.05) is 11.4 Å². The Labute approximate surface area is 192 Å². The van der Waals surface area contributed by atoms with E-state index in [4.69, 9.17) is 0 Å². The van der Waals surface area contributed by atoms with Crippen molar-refractivity contribution in [3.63, 3.8) is 0 Å². The molecule has 0 saturated carbocycles. The predicted molar refractivity (Wildman–Crippen MR) is 135 cm³/mol. The lowest BCUT2D eigenvalue weighted by Gasteiger charge is -2.23. The van der Waals surface area contributed by atoms with E-state index in [9.17, 15) is 9.90 Å². The van der Waals surface area contributed by atoms with E-state index >= 15 is 0 Å². The lowest BCUT2D eigenvalue weighted by Crippen LogP contribution is -2.32. The number of carbonyl (C=O) groups excluding carboxylic acids is 1. The number of para-hydroxylation sites is 1. The molecular formula is C28H49NO2. The fourth-order valence-electron chi connectivity index (χ4n) is 4.14. The van der Waals surface area contributed by atoms with Crippen molar-refractivity contribution in [1.29, 1.82) is 0 Å². The van der Waals surface area contributed by atoms with Crippen LogP contribution in [0, 0.1) is 0 Å². The number of nitrogens with zero attached hydrogens (tertiary/aromatic N) is 1. The van der Waals surface area contributed by atoms with Crippen molar-refractivity contribution in [2.24, 2.45) is 0 Å². The average Bonchev–Trinajstić information content (AvgIpc) is 2.79. The van der Waals surface area contributed by atoms with Gasteiger partial charge in [0.15, 0.2) is 0 Å². The molecule has 1 rings (SSSR count). The van der Waals surface area contributed by atoms with Crippen molar-refractivity contribution in [3.8, 4) is 0 Å². The van der Waals surface area contributed by atoms with Gasteiger partial charge in [0.1, 0.15) is 0 Å². The van der Waals surface area contributed by atoms with E-state index in [1.165, 1.54) is 77.0 Å². The van der Waals surface area contributed by atoms with Gasteiger partial charge in [-0.05, 0) is 31.4 Å². The molecule has 1 unspecified atom stereocenters. The first-order chi connectivity index (χ1) is 15.2. The molecule has 1 aromatic carbocycles. The van der Waals surface area contributed by atoms with Crippen LogP contribution in [0.3, 0.4) is 0 Å². The van der Waals surface area contributed by atoms with E-state index in [1.54, 1.807) is 0 Å². The molecule has 0 saturated heterocycles. The highest BCUT2D eigenvalue weighted by molar-refractivity contribution is 5.93. The number of anilines is 1. The largest absolute Gasteiger partial charge is 0.393 e. The number of carbonyl (C=O) groups is 1. The van der Waals surface area contributed by atoms with Crippen LogP contribution in [0.25, 0.3) is 0 Å². The SMILES string of the molecule is CCCCCCCCCCN(C(=O)CCC(O)CCCCCCCC)c1ccccc1. The Morgan fingerprint density at radius 3 is 1.84 bits per heavy atom. The smallest absolute Gasteiger partial charge is 0.227 e. The fourth-order valence-corrected chi connectivity index (χ4v) is 4.14. The highest BCUT2D eigenvalue weighted by Crippen LogP contribution is 2.19. The van der Waals surface area contributed by atoms with Gasteiger partial charge in [-0.15, -0.1) is 0 Å². The van der Waals surface area contributed by atoms with Gasteiger partial charge in [0.2, 0.25) is 5.91 Å². The minimum absolute atomic E-state index is 0.149. The van der Waals surface area contributed by atoms with Gasteiger partial charge in [0, 0.05) is 18.7 Å². The second-order valence-electron chi connectivity index (χ2n) is 9.10. The molecule has 1 amide bonds. The normalized spacial score (nSPS) is 12.1. The van der Waals surface area contributed by atoms with Crippen molar-refractivity contribution >= 4 is 11.6 Å². The minimum Gasteiger partial charge on any atom is -0.393 e. The number of rotatable bonds is 20. The van der Waals surface area contributed by atoms with E-state index < -0.39 is 0 Å². The quantitative estimate of drug-likeness (QED) is 0.212. The van der Waals surface area contributed by atoms with E-state index in [0.717, 1.165) is 31.5 Å². The molecule has 0 radical (unpaired) electrons. The highest BCUT2D eigenvalue weighted by atomic mass is 16.3. The molecule has 0 aliphatic rings. The molecule has 1 N–H and O–H groups in total. The number of hydrogen-bond acceptors (Lipinski definition) is 2. The molecule has 3 nitrogen and oxygen atoms in total. The van der Waals surface area contributed by atoms with Crippen LogP contribution in [0.4, 0.5) is 5.69 Å². The van der Waals surface area contributed by atoms with Crippen molar-refractivity contribution in [2.45, 2.75) is 129 Å². The first kappa shape index (κ1) is 27.7. The zero-order valence-corrected chi connectivity index (χ0v) is 20.5. The maximum atomic E-state index is 12.9. The van der Waals surface area contributed by atoms with Crippen molar-refractivity contribution in [3.05, 3.63) is 30.3 Å². The predicted octanol–water partition coefficient (Wildman–Crippen LogP) is 8.05. The van der Waals surface area contributed by atoms with Gasteiger partial charge < -0.3 is 10.0 Å². The van der Waals surface area contributed by atoms with Crippen molar-refractivity contribution in [1.82, 2.24) is 0 Å². The third-order valence-corrected chi connectivity index (χ3v) is 6.19. The molecule has 31 heavy (non-hydrogen) atoms. The fraction of sp³-hybridized carbons (Fsp3) is 0.750. The summed E-state index contributed by atoms with van der Waals surface area (Å²) in [6.07, 6.45) is 19.0. The molecule has 178 valence electrons. The highest BCUT2D eigenvalue weighted by Gasteiger charge is 2.16. The van der Waals surface area contributed by atoms with Crippen LogP contribution in [0.15, 0.2) is 30.3 Å². The summed E-state index contributed by atoms with van der Waals surface area (Å²) in [5.41, 5.74) is 0.987. The van der Waals surface area contributed by atoms with Crippen LogP contribution >= 0.6 is 0 Å². The number of amides is 1. The lowest BCUT2D eigenvalue weighted by molar-refractivity contribution is -0.119. The molecule has 0 bridgehead atoms. The summed E-state index contributed by atoms with van der Waals surface area (Å²) in [7, 11) is 0. The standard InChI is InChI=1S/C28H49NO2/c1-3-5-7-9-11-12-14-19-25-29(26-20-16-15-17-21-26)28(31)24-23-27(30)22-18-13-10-8-6-4-2/h15-17,20-21,27,30H,3-14,18-19,22-25H2,1-2H3. The Bertz CT molecular complexity index is 531. The first-order valence-electron chi connectivity index (χ1n) is 13.2. The van der Waals surface area contributed by atoms with Crippen molar-refractivity contribution < 1.29 is 9.90 Å². The van der Waals surface area contributed by atoms with Gasteiger partial charge in [0.25, 0.3) is 0 Å². The Morgan fingerprint density at radius 2 is 1.26 bits per heavy atom. The van der Waals surface area contributed by atoms with Gasteiger partial charge in [-0.25, -0.2) is 0 Å². The molecule has 3 heteroatoms. The summed E-state index contributed by atoms with van der Waals surface area (Å²) in [6, 6.07) is 10.0. The molecule has 0 aliphatic heterocycles. The molecule has 0 fully saturated rings. The Hall–Kier alpha value is -1.35. The topological polar surface area (TPSA) is 40.5 Å². The van der Waals surface area contributed by atoms with Gasteiger partial charge in [-0.1, -0.05) is 116 Å². The number of unbranched alkanes of at least 4 members (excludes halogenated alkanes) is 12. The summed E-state index contributed by atoms with van der Waals surface area (Å²) in [6.45, 7) is 5.27. The second-order valence-corrected chi connectivity index (χ2v) is 9.10. The van der Waals surface area contributed by atoms with E-state index in [-0.39, 0.29) is 12.0 Å². The summed E-state index contributed by atoms with van der Waals surface area (Å²) in [5, 5.41) is 10.3. The number of aliphatic hydroxyl groups excluding tert-OH is 1. The second kappa shape index (κ2) is 19.3. The maximum Gasteiger partial charge on any atom is 0.227 e. The Balaban J connectivity index is 2.33.